The average Bonchev–Trinajstić information content (AvgIpc) is 3.41. The normalized spacial score (nSPS) is 13.5. The van der Waals surface area contributed by atoms with Crippen LogP contribution in [0, 0.1) is 11.8 Å². The summed E-state index contributed by atoms with van der Waals surface area (Å²) in [7, 11) is 0. The number of rotatable bonds is 7. The Labute approximate surface area is 152 Å². The van der Waals surface area contributed by atoms with Gasteiger partial charge in [0, 0.05) is 0 Å². The molecule has 0 heterocycles. The lowest BCUT2D eigenvalue weighted by Gasteiger charge is -2.00. The maximum absolute atomic E-state index is 5.26. The van der Waals surface area contributed by atoms with E-state index in [1.165, 1.54) is 43.9 Å². The number of unbranched alkanes of at least 4 members (excludes halogenated alkanes) is 1. The van der Waals surface area contributed by atoms with Crippen LogP contribution in [-0.4, -0.2) is 6.54 Å². The molecule has 5 N–H and O–H groups in total. The lowest BCUT2D eigenvalue weighted by Crippen LogP contribution is -2.12. The highest BCUT2D eigenvalue weighted by atomic mass is 15.0. The summed E-state index contributed by atoms with van der Waals surface area (Å²) < 4.78 is 0. The van der Waals surface area contributed by atoms with Crippen LogP contribution in [0.5, 0.6) is 0 Å². The van der Waals surface area contributed by atoms with Crippen LogP contribution >= 0.6 is 0 Å². The molecule has 24 heavy (non-hydrogen) atoms. The van der Waals surface area contributed by atoms with Gasteiger partial charge >= 0.3 is 0 Å². The second-order valence-electron chi connectivity index (χ2n) is 5.96. The molecule has 0 aromatic heterocycles. The zero-order chi connectivity index (χ0) is 19.4. The van der Waals surface area contributed by atoms with E-state index in [4.69, 9.17) is 11.5 Å². The van der Waals surface area contributed by atoms with Crippen molar-refractivity contribution in [3.05, 3.63) is 49.5 Å². The molecule has 0 aromatic rings. The predicted molar refractivity (Wildman–Crippen MR) is 112 cm³/mol. The zero-order valence-electron chi connectivity index (χ0n) is 16.9. The van der Waals surface area contributed by atoms with Crippen molar-refractivity contribution >= 4 is 0 Å². The molecular weight excluding hydrogens is 294 g/mol. The van der Waals surface area contributed by atoms with Crippen LogP contribution in [0.4, 0.5) is 0 Å². The molecule has 3 heteroatoms. The molecule has 1 aliphatic rings. The lowest BCUT2D eigenvalue weighted by atomic mass is 10.1. The van der Waals surface area contributed by atoms with Crippen molar-refractivity contribution in [2.24, 2.45) is 23.3 Å². The second kappa shape index (κ2) is 21.5. The van der Waals surface area contributed by atoms with E-state index in [9.17, 15) is 0 Å². The maximum atomic E-state index is 5.26. The summed E-state index contributed by atoms with van der Waals surface area (Å²) in [5.41, 5.74) is 11.6. The SMILES string of the molecule is C=CC(C)C(=C)C.C=CN/C(N)=C\C.CCC1CC1.CCCCN. The van der Waals surface area contributed by atoms with Gasteiger partial charge in [0.15, 0.2) is 0 Å². The predicted octanol–water partition coefficient (Wildman–Crippen LogP) is 5.48. The molecule has 1 atom stereocenters. The summed E-state index contributed by atoms with van der Waals surface area (Å²) in [6.45, 7) is 22.0. The van der Waals surface area contributed by atoms with Crippen molar-refractivity contribution in [2.75, 3.05) is 6.54 Å². The van der Waals surface area contributed by atoms with Gasteiger partial charge in [-0.15, -0.1) is 6.58 Å². The smallest absolute Gasteiger partial charge is 0.0955 e. The molecule has 0 saturated heterocycles. The van der Waals surface area contributed by atoms with Crippen LogP contribution in [0.15, 0.2) is 49.5 Å². The third-order valence-electron chi connectivity index (χ3n) is 3.54. The van der Waals surface area contributed by atoms with Gasteiger partial charge in [0.2, 0.25) is 0 Å². The van der Waals surface area contributed by atoms with Crippen LogP contribution in [0.2, 0.25) is 0 Å². The first kappa shape index (κ1) is 27.4. The quantitative estimate of drug-likeness (QED) is 0.539. The Morgan fingerprint density at radius 3 is 1.88 bits per heavy atom. The highest BCUT2D eigenvalue weighted by Crippen LogP contribution is 2.31. The summed E-state index contributed by atoms with van der Waals surface area (Å²) in [6.07, 6.45) is 12.0. The Bertz CT molecular complexity index is 326. The maximum Gasteiger partial charge on any atom is 0.0955 e. The molecule has 3 nitrogen and oxygen atoms in total. The van der Waals surface area contributed by atoms with E-state index in [1.807, 2.05) is 19.9 Å². The molecular formula is C21H43N3. The molecule has 1 aliphatic carbocycles. The van der Waals surface area contributed by atoms with Crippen molar-refractivity contribution in [1.82, 2.24) is 5.32 Å². The van der Waals surface area contributed by atoms with E-state index in [1.54, 1.807) is 6.08 Å². The van der Waals surface area contributed by atoms with Gasteiger partial charge in [-0.05, 0) is 50.9 Å². The average molecular weight is 338 g/mol. The van der Waals surface area contributed by atoms with Crippen molar-refractivity contribution in [3.8, 4) is 0 Å². The van der Waals surface area contributed by atoms with Gasteiger partial charge in [0.05, 0.1) is 5.82 Å². The Morgan fingerprint density at radius 1 is 1.29 bits per heavy atom. The largest absolute Gasteiger partial charge is 0.386 e. The van der Waals surface area contributed by atoms with E-state index in [-0.39, 0.29) is 0 Å². The molecule has 0 aromatic carbocycles. The van der Waals surface area contributed by atoms with E-state index in [0.717, 1.165) is 12.5 Å². The second-order valence-corrected chi connectivity index (χ2v) is 5.96. The molecule has 0 aliphatic heterocycles. The Morgan fingerprint density at radius 2 is 1.83 bits per heavy atom. The minimum absolute atomic E-state index is 0.472. The van der Waals surface area contributed by atoms with E-state index >= 15 is 0 Å². The summed E-state index contributed by atoms with van der Waals surface area (Å²) in [5, 5.41) is 2.70. The number of hydrogen-bond donors (Lipinski definition) is 3. The lowest BCUT2D eigenvalue weighted by molar-refractivity contribution is 0.799. The molecule has 0 radical (unpaired) electrons. The first-order valence-corrected chi connectivity index (χ1v) is 9.11. The molecule has 1 saturated carbocycles. The van der Waals surface area contributed by atoms with Gasteiger partial charge in [0.1, 0.15) is 0 Å². The fourth-order valence-corrected chi connectivity index (χ4v) is 1.13. The third kappa shape index (κ3) is 28.6. The van der Waals surface area contributed by atoms with Gasteiger partial charge in [-0.25, -0.2) is 0 Å². The van der Waals surface area contributed by atoms with E-state index in [2.05, 4.69) is 45.8 Å². The van der Waals surface area contributed by atoms with Gasteiger partial charge in [-0.3, -0.25) is 0 Å². The van der Waals surface area contributed by atoms with Crippen molar-refractivity contribution in [1.29, 1.82) is 0 Å². The Kier molecular flexibility index (Phi) is 24.5. The molecule has 142 valence electrons. The minimum Gasteiger partial charge on any atom is -0.386 e. The molecule has 1 unspecified atom stereocenters. The van der Waals surface area contributed by atoms with Gasteiger partial charge in [0.25, 0.3) is 0 Å². The highest BCUT2D eigenvalue weighted by Gasteiger charge is 2.17. The zero-order valence-corrected chi connectivity index (χ0v) is 16.9. The van der Waals surface area contributed by atoms with Crippen LogP contribution < -0.4 is 16.8 Å². The monoisotopic (exact) mass is 337 g/mol. The van der Waals surface area contributed by atoms with Crippen LogP contribution in [0.25, 0.3) is 0 Å². The first-order chi connectivity index (χ1) is 11.3. The van der Waals surface area contributed by atoms with Crippen molar-refractivity contribution < 1.29 is 0 Å². The van der Waals surface area contributed by atoms with Crippen molar-refractivity contribution in [2.45, 2.75) is 66.7 Å². The molecule has 1 rings (SSSR count). The molecule has 0 bridgehead atoms. The highest BCUT2D eigenvalue weighted by molar-refractivity contribution is 5.01. The van der Waals surface area contributed by atoms with E-state index < -0.39 is 0 Å². The fourth-order valence-electron chi connectivity index (χ4n) is 1.13. The van der Waals surface area contributed by atoms with Gasteiger partial charge in [-0.2, -0.15) is 0 Å². The number of hydrogen-bond acceptors (Lipinski definition) is 3. The topological polar surface area (TPSA) is 64.1 Å². The molecule has 0 amide bonds. The standard InChI is InChI=1S/C7H12.C5H10N2.C5H10.C4H11N/c1-5-7(4)6(2)3;1-3-5(6)7-4-2;1-2-5-3-4-5;1-2-3-4-5/h5,7H,1-2H2,3-4H3;3-4,7H,2,6H2,1H3;5H,2-4H2,1H3;2-5H2,1H3/b;5-3-;;. The summed E-state index contributed by atoms with van der Waals surface area (Å²) in [6, 6.07) is 0. The van der Waals surface area contributed by atoms with Crippen LogP contribution in [-0.2, 0) is 0 Å². The van der Waals surface area contributed by atoms with Crippen molar-refractivity contribution in [3.63, 3.8) is 0 Å². The van der Waals surface area contributed by atoms with Crippen LogP contribution in [0.3, 0.4) is 0 Å². The Hall–Kier alpha value is -1.48. The van der Waals surface area contributed by atoms with Crippen LogP contribution in [0.1, 0.15) is 66.7 Å². The fraction of sp³-hybridized carbons (Fsp3) is 0.619. The number of nitrogens with one attached hydrogen (secondary N) is 1. The van der Waals surface area contributed by atoms with Gasteiger partial charge < -0.3 is 16.8 Å². The first-order valence-electron chi connectivity index (χ1n) is 9.11. The Balaban J connectivity index is -0.000000248. The van der Waals surface area contributed by atoms with Gasteiger partial charge in [-0.1, -0.05) is 71.3 Å². The minimum atomic E-state index is 0.472. The molecule has 0 spiro atoms. The summed E-state index contributed by atoms with van der Waals surface area (Å²) in [5.74, 6) is 2.24. The van der Waals surface area contributed by atoms with E-state index in [0.29, 0.717) is 11.7 Å². The summed E-state index contributed by atoms with van der Waals surface area (Å²) in [4.78, 5) is 0. The third-order valence-corrected chi connectivity index (χ3v) is 3.54. The molecule has 1 fully saturated rings. The number of nitrogens with two attached hydrogens (primary N) is 2. The number of allylic oxidation sites excluding steroid dienone is 3. The summed E-state index contributed by atoms with van der Waals surface area (Å²) >= 11 is 0.